The largest absolute Gasteiger partial charge is 0.433 e. The molecule has 0 unspecified atom stereocenters. The minimum absolute atomic E-state index is 0.0481. The summed E-state index contributed by atoms with van der Waals surface area (Å²) in [6, 6.07) is 14.1. The molecule has 0 bridgehead atoms. The molecule has 0 aliphatic rings. The van der Waals surface area contributed by atoms with Gasteiger partial charge in [-0.05, 0) is 24.3 Å². The van der Waals surface area contributed by atoms with Gasteiger partial charge in [-0.3, -0.25) is 4.98 Å². The number of fused-ring (bicyclic) bond motifs is 2. The lowest BCUT2D eigenvalue weighted by atomic mass is 10.2. The Hall–Kier alpha value is -2.69. The van der Waals surface area contributed by atoms with E-state index in [1.54, 1.807) is 42.6 Å². The van der Waals surface area contributed by atoms with Crippen molar-refractivity contribution in [1.82, 2.24) is 14.7 Å². The van der Waals surface area contributed by atoms with Gasteiger partial charge in [-0.15, -0.1) is 11.8 Å². The summed E-state index contributed by atoms with van der Waals surface area (Å²) < 4.78 is 67.6. The average molecular weight is 464 g/mol. The maximum atomic E-state index is 13.2. The fourth-order valence-corrected chi connectivity index (χ4v) is 5.49. The number of sulfonamides is 1. The number of benzene rings is 2. The van der Waals surface area contributed by atoms with Gasteiger partial charge >= 0.3 is 6.18 Å². The molecular weight excluding hydrogens is 447 g/mol. The van der Waals surface area contributed by atoms with Crippen molar-refractivity contribution in [2.45, 2.75) is 16.0 Å². The molecule has 0 saturated carbocycles. The van der Waals surface area contributed by atoms with Gasteiger partial charge in [-0.1, -0.05) is 30.3 Å². The molecule has 0 aliphatic heterocycles. The van der Waals surface area contributed by atoms with Crippen molar-refractivity contribution in [3.05, 3.63) is 72.7 Å². The minimum atomic E-state index is -4.57. The molecule has 0 amide bonds. The molecule has 4 rings (SSSR count). The Morgan fingerprint density at radius 2 is 1.81 bits per heavy atom. The van der Waals surface area contributed by atoms with Gasteiger partial charge in [0.1, 0.15) is 5.69 Å². The Balaban J connectivity index is 1.52. The molecule has 160 valence electrons. The molecule has 4 aromatic rings. The highest BCUT2D eigenvalue weighted by molar-refractivity contribution is 7.99. The van der Waals surface area contributed by atoms with E-state index >= 15 is 0 Å². The van der Waals surface area contributed by atoms with Gasteiger partial charge in [-0.25, -0.2) is 18.1 Å². The zero-order chi connectivity index (χ0) is 22.1. The molecule has 0 spiro atoms. The topological polar surface area (TPSA) is 72.0 Å². The van der Waals surface area contributed by atoms with Crippen LogP contribution in [-0.4, -0.2) is 30.7 Å². The summed E-state index contributed by atoms with van der Waals surface area (Å²) in [6.45, 7) is 0.0481. The number of hydrogen-bond acceptors (Lipinski definition) is 5. The lowest BCUT2D eigenvalue weighted by Crippen LogP contribution is -2.26. The summed E-state index contributed by atoms with van der Waals surface area (Å²) in [7, 11) is -3.80. The summed E-state index contributed by atoms with van der Waals surface area (Å²) >= 11 is 1.14. The number of nitrogens with one attached hydrogen (secondary N) is 1. The standard InChI is InChI=1S/C21H16F3N3O2S2/c22-21(23,24)20-12-18(16-5-1-2-6-17(16)27-20)30-11-10-26-31(28,29)19-7-3-4-14-13-25-9-8-15(14)19/h1-9,12-13,26H,10-11H2. The van der Waals surface area contributed by atoms with Gasteiger partial charge in [-0.2, -0.15) is 13.2 Å². The van der Waals surface area contributed by atoms with E-state index in [1.165, 1.54) is 18.3 Å². The normalized spacial score (nSPS) is 12.5. The maximum absolute atomic E-state index is 13.2. The highest BCUT2D eigenvalue weighted by atomic mass is 32.2. The van der Waals surface area contributed by atoms with Crippen LogP contribution in [0, 0.1) is 0 Å². The van der Waals surface area contributed by atoms with E-state index < -0.39 is 21.9 Å². The van der Waals surface area contributed by atoms with E-state index in [9.17, 15) is 21.6 Å². The van der Waals surface area contributed by atoms with Crippen molar-refractivity contribution >= 4 is 43.5 Å². The van der Waals surface area contributed by atoms with Crippen LogP contribution < -0.4 is 4.72 Å². The van der Waals surface area contributed by atoms with Crippen molar-refractivity contribution in [3.8, 4) is 0 Å². The number of alkyl halides is 3. The molecule has 31 heavy (non-hydrogen) atoms. The summed E-state index contributed by atoms with van der Waals surface area (Å²) in [4.78, 5) is 8.21. The van der Waals surface area contributed by atoms with Gasteiger partial charge in [0.2, 0.25) is 10.0 Å². The van der Waals surface area contributed by atoms with Crippen LogP contribution in [-0.2, 0) is 16.2 Å². The summed E-state index contributed by atoms with van der Waals surface area (Å²) in [6.07, 6.45) is -1.47. The van der Waals surface area contributed by atoms with E-state index in [0.29, 0.717) is 21.1 Å². The van der Waals surface area contributed by atoms with Crippen molar-refractivity contribution in [1.29, 1.82) is 0 Å². The van der Waals surface area contributed by atoms with Crippen LogP contribution in [0.15, 0.2) is 76.8 Å². The quantitative estimate of drug-likeness (QED) is 0.326. The molecular formula is C21H16F3N3O2S2. The lowest BCUT2D eigenvalue weighted by Gasteiger charge is -2.12. The fourth-order valence-electron chi connectivity index (χ4n) is 3.15. The second-order valence-electron chi connectivity index (χ2n) is 6.62. The molecule has 0 radical (unpaired) electrons. The third kappa shape index (κ3) is 4.65. The SMILES string of the molecule is O=S(=O)(NCCSc1cc(C(F)(F)F)nc2ccccc12)c1cccc2cnccc12. The lowest BCUT2D eigenvalue weighted by molar-refractivity contribution is -0.141. The summed E-state index contributed by atoms with van der Waals surface area (Å²) in [5, 5.41) is 1.83. The second-order valence-corrected chi connectivity index (χ2v) is 9.49. The number of nitrogens with zero attached hydrogens (tertiary/aromatic N) is 2. The number of thioether (sulfide) groups is 1. The van der Waals surface area contributed by atoms with Crippen LogP contribution >= 0.6 is 11.8 Å². The Bertz CT molecular complexity index is 1350. The maximum Gasteiger partial charge on any atom is 0.433 e. The first kappa shape index (κ1) is 21.5. The Kier molecular flexibility index (Phi) is 5.87. The molecule has 1 N–H and O–H groups in total. The molecule has 0 atom stereocenters. The van der Waals surface area contributed by atoms with Crippen LogP contribution in [0.5, 0.6) is 0 Å². The van der Waals surface area contributed by atoms with Gasteiger partial charge in [0.05, 0.1) is 10.4 Å². The van der Waals surface area contributed by atoms with Crippen LogP contribution in [0.2, 0.25) is 0 Å². The minimum Gasteiger partial charge on any atom is -0.264 e. The first-order valence-electron chi connectivity index (χ1n) is 9.18. The zero-order valence-corrected chi connectivity index (χ0v) is 17.6. The molecule has 2 aromatic carbocycles. The van der Waals surface area contributed by atoms with Crippen LogP contribution in [0.4, 0.5) is 13.2 Å². The van der Waals surface area contributed by atoms with Gasteiger partial charge in [0.15, 0.2) is 0 Å². The number of hydrogen-bond donors (Lipinski definition) is 1. The van der Waals surface area contributed by atoms with Crippen molar-refractivity contribution in [3.63, 3.8) is 0 Å². The van der Waals surface area contributed by atoms with E-state index in [0.717, 1.165) is 17.8 Å². The first-order valence-corrected chi connectivity index (χ1v) is 11.6. The van der Waals surface area contributed by atoms with Crippen molar-refractivity contribution in [2.75, 3.05) is 12.3 Å². The number of rotatable bonds is 6. The Morgan fingerprint density at radius 1 is 1.00 bits per heavy atom. The molecule has 0 fully saturated rings. The number of halogens is 3. The van der Waals surface area contributed by atoms with Gasteiger partial charge in [0, 0.05) is 45.7 Å². The third-order valence-corrected chi connectivity index (χ3v) is 7.13. The predicted octanol–water partition coefficient (Wildman–Crippen LogP) is 4.87. The zero-order valence-electron chi connectivity index (χ0n) is 15.9. The average Bonchev–Trinajstić information content (AvgIpc) is 2.75. The van der Waals surface area contributed by atoms with E-state index in [4.69, 9.17) is 0 Å². The first-order chi connectivity index (χ1) is 14.8. The molecule has 0 aliphatic carbocycles. The van der Waals surface area contributed by atoms with Crippen LogP contribution in [0.25, 0.3) is 21.7 Å². The highest BCUT2D eigenvalue weighted by Crippen LogP contribution is 2.34. The van der Waals surface area contributed by atoms with Crippen molar-refractivity contribution in [2.24, 2.45) is 0 Å². The summed E-state index contributed by atoms with van der Waals surface area (Å²) in [5.74, 6) is 0.247. The van der Waals surface area contributed by atoms with Crippen molar-refractivity contribution < 1.29 is 21.6 Å². The number of pyridine rings is 2. The summed E-state index contributed by atoms with van der Waals surface area (Å²) in [5.41, 5.74) is -0.733. The van der Waals surface area contributed by atoms with E-state index in [2.05, 4.69) is 14.7 Å². The Labute approximate surface area is 180 Å². The van der Waals surface area contributed by atoms with Crippen LogP contribution in [0.3, 0.4) is 0 Å². The number of para-hydroxylation sites is 1. The molecule has 10 heteroatoms. The smallest absolute Gasteiger partial charge is 0.264 e. The fraction of sp³-hybridized carbons (Fsp3) is 0.143. The monoisotopic (exact) mass is 463 g/mol. The van der Waals surface area contributed by atoms with Gasteiger partial charge in [0.25, 0.3) is 0 Å². The highest BCUT2D eigenvalue weighted by Gasteiger charge is 2.33. The van der Waals surface area contributed by atoms with E-state index in [-0.39, 0.29) is 22.7 Å². The Morgan fingerprint density at radius 3 is 2.61 bits per heavy atom. The predicted molar refractivity (Wildman–Crippen MR) is 114 cm³/mol. The molecule has 0 saturated heterocycles. The number of aromatic nitrogens is 2. The molecule has 5 nitrogen and oxygen atoms in total. The third-order valence-electron chi connectivity index (χ3n) is 4.55. The van der Waals surface area contributed by atoms with Crippen LogP contribution in [0.1, 0.15) is 5.69 Å². The van der Waals surface area contributed by atoms with Gasteiger partial charge < -0.3 is 0 Å². The second kappa shape index (κ2) is 8.45. The molecule has 2 aromatic heterocycles. The van der Waals surface area contributed by atoms with E-state index in [1.807, 2.05) is 0 Å². The molecule has 2 heterocycles.